The van der Waals surface area contributed by atoms with Crippen LogP contribution in [0.2, 0.25) is 0 Å². The quantitative estimate of drug-likeness (QED) is 0.874. The lowest BCUT2D eigenvalue weighted by Crippen LogP contribution is -2.44. The van der Waals surface area contributed by atoms with Gasteiger partial charge in [-0.1, -0.05) is 30.7 Å². The van der Waals surface area contributed by atoms with Gasteiger partial charge in [-0.05, 0) is 30.5 Å². The van der Waals surface area contributed by atoms with Crippen molar-refractivity contribution in [2.75, 3.05) is 6.61 Å². The van der Waals surface area contributed by atoms with Crippen LogP contribution in [0.1, 0.15) is 42.2 Å². The van der Waals surface area contributed by atoms with E-state index in [9.17, 15) is 14.3 Å². The number of carbonyl (C=O) groups is 1. The van der Waals surface area contributed by atoms with E-state index >= 15 is 0 Å². The topological polar surface area (TPSA) is 80.0 Å². The minimum absolute atomic E-state index is 0.0458. The Morgan fingerprint density at radius 2 is 2.38 bits per heavy atom. The van der Waals surface area contributed by atoms with Crippen molar-refractivity contribution in [2.24, 2.45) is 5.41 Å². The van der Waals surface area contributed by atoms with Gasteiger partial charge in [0.1, 0.15) is 5.82 Å². The first kappa shape index (κ1) is 16.6. The molecule has 1 fully saturated rings. The number of nitrogens with one attached hydrogen (secondary N) is 1. The normalized spacial score (nSPS) is 23.4. The SMILES string of the molecule is CC1(CO)CCCC1NC(=O)c1cn(Cc2cccc(F)c2)nn1. The van der Waals surface area contributed by atoms with E-state index in [0.29, 0.717) is 6.54 Å². The molecule has 0 spiro atoms. The molecule has 1 aromatic carbocycles. The van der Waals surface area contributed by atoms with E-state index in [0.717, 1.165) is 24.8 Å². The Labute approximate surface area is 139 Å². The number of benzene rings is 1. The van der Waals surface area contributed by atoms with Crippen molar-refractivity contribution in [3.63, 3.8) is 0 Å². The third-order valence-corrected chi connectivity index (χ3v) is 4.75. The van der Waals surface area contributed by atoms with Gasteiger partial charge in [-0.3, -0.25) is 4.79 Å². The highest BCUT2D eigenvalue weighted by molar-refractivity contribution is 5.92. The Kier molecular flexibility index (Phi) is 4.62. The van der Waals surface area contributed by atoms with Gasteiger partial charge in [0.2, 0.25) is 0 Å². The second-order valence-electron chi connectivity index (χ2n) is 6.66. The summed E-state index contributed by atoms with van der Waals surface area (Å²) < 4.78 is 14.7. The lowest BCUT2D eigenvalue weighted by Gasteiger charge is -2.29. The largest absolute Gasteiger partial charge is 0.396 e. The molecule has 0 bridgehead atoms. The highest BCUT2D eigenvalue weighted by Gasteiger charge is 2.39. The molecule has 1 aliphatic carbocycles. The highest BCUT2D eigenvalue weighted by Crippen LogP contribution is 2.37. The van der Waals surface area contributed by atoms with E-state index < -0.39 is 0 Å². The van der Waals surface area contributed by atoms with Crippen molar-refractivity contribution in [3.8, 4) is 0 Å². The third kappa shape index (κ3) is 3.46. The molecule has 1 saturated carbocycles. The molecular weight excluding hydrogens is 311 g/mol. The summed E-state index contributed by atoms with van der Waals surface area (Å²) in [6.07, 6.45) is 4.26. The number of nitrogens with zero attached hydrogens (tertiary/aromatic N) is 3. The molecule has 2 N–H and O–H groups in total. The number of carbonyl (C=O) groups excluding carboxylic acids is 1. The van der Waals surface area contributed by atoms with Crippen molar-refractivity contribution in [3.05, 3.63) is 47.5 Å². The maximum Gasteiger partial charge on any atom is 0.273 e. The molecule has 1 aliphatic rings. The van der Waals surface area contributed by atoms with Gasteiger partial charge in [0.05, 0.1) is 19.3 Å². The molecule has 128 valence electrons. The monoisotopic (exact) mass is 332 g/mol. The number of aliphatic hydroxyl groups is 1. The number of aliphatic hydroxyl groups excluding tert-OH is 1. The van der Waals surface area contributed by atoms with Crippen LogP contribution in [0, 0.1) is 11.2 Å². The molecule has 1 amide bonds. The molecule has 2 aromatic rings. The van der Waals surface area contributed by atoms with Crippen molar-refractivity contribution >= 4 is 5.91 Å². The molecule has 6 nitrogen and oxygen atoms in total. The first-order chi connectivity index (χ1) is 11.5. The van der Waals surface area contributed by atoms with E-state index in [4.69, 9.17) is 0 Å². The van der Waals surface area contributed by atoms with Gasteiger partial charge in [0.25, 0.3) is 5.91 Å². The Hall–Kier alpha value is -2.28. The Morgan fingerprint density at radius 3 is 3.12 bits per heavy atom. The maximum atomic E-state index is 13.2. The number of halogens is 1. The van der Waals surface area contributed by atoms with Crippen molar-refractivity contribution in [1.29, 1.82) is 0 Å². The summed E-state index contributed by atoms with van der Waals surface area (Å²) in [6.45, 7) is 2.37. The van der Waals surface area contributed by atoms with Crippen LogP contribution in [0.5, 0.6) is 0 Å². The van der Waals surface area contributed by atoms with E-state index in [1.54, 1.807) is 18.3 Å². The van der Waals surface area contributed by atoms with Crippen LogP contribution < -0.4 is 5.32 Å². The van der Waals surface area contributed by atoms with Crippen LogP contribution in [0.15, 0.2) is 30.5 Å². The molecule has 1 heterocycles. The molecule has 0 aliphatic heterocycles. The molecule has 7 heteroatoms. The second-order valence-corrected chi connectivity index (χ2v) is 6.66. The summed E-state index contributed by atoms with van der Waals surface area (Å²) >= 11 is 0. The predicted octanol–water partition coefficient (Wildman–Crippen LogP) is 1.75. The zero-order valence-electron chi connectivity index (χ0n) is 13.6. The van der Waals surface area contributed by atoms with Gasteiger partial charge in [0, 0.05) is 11.5 Å². The standard InChI is InChI=1S/C17H21FN4O2/c1-17(11-23)7-3-6-15(17)19-16(24)14-10-22(21-20-14)9-12-4-2-5-13(18)8-12/h2,4-5,8,10,15,23H,3,6-7,9,11H2,1H3,(H,19,24). The average molecular weight is 332 g/mol. The molecule has 1 aromatic heterocycles. The Morgan fingerprint density at radius 1 is 1.54 bits per heavy atom. The van der Waals surface area contributed by atoms with Gasteiger partial charge in [0.15, 0.2) is 5.69 Å². The van der Waals surface area contributed by atoms with E-state index in [1.165, 1.54) is 16.8 Å². The number of hydrogen-bond acceptors (Lipinski definition) is 4. The number of hydrogen-bond donors (Lipinski definition) is 2. The van der Waals surface area contributed by atoms with Gasteiger partial charge < -0.3 is 10.4 Å². The second kappa shape index (κ2) is 6.68. The van der Waals surface area contributed by atoms with Gasteiger partial charge in [-0.25, -0.2) is 9.07 Å². The zero-order valence-corrected chi connectivity index (χ0v) is 13.6. The summed E-state index contributed by atoms with van der Waals surface area (Å²) in [7, 11) is 0. The lowest BCUT2D eigenvalue weighted by atomic mass is 9.86. The summed E-state index contributed by atoms with van der Waals surface area (Å²) in [6, 6.07) is 6.15. The molecule has 2 atom stereocenters. The van der Waals surface area contributed by atoms with Crippen LogP contribution in [0.4, 0.5) is 4.39 Å². The van der Waals surface area contributed by atoms with Crippen LogP contribution in [0.3, 0.4) is 0 Å². The molecule has 2 unspecified atom stereocenters. The smallest absolute Gasteiger partial charge is 0.273 e. The minimum Gasteiger partial charge on any atom is -0.396 e. The summed E-state index contributed by atoms with van der Waals surface area (Å²) in [4.78, 5) is 12.4. The number of amides is 1. The fourth-order valence-electron chi connectivity index (χ4n) is 3.20. The van der Waals surface area contributed by atoms with Gasteiger partial charge in [-0.2, -0.15) is 0 Å². The minimum atomic E-state index is -0.310. The van der Waals surface area contributed by atoms with Crippen LogP contribution in [-0.2, 0) is 6.54 Å². The molecule has 0 saturated heterocycles. The molecule has 0 radical (unpaired) electrons. The van der Waals surface area contributed by atoms with Crippen molar-refractivity contribution in [2.45, 2.75) is 38.8 Å². The van der Waals surface area contributed by atoms with Crippen LogP contribution >= 0.6 is 0 Å². The summed E-state index contributed by atoms with van der Waals surface area (Å²) in [5.41, 5.74) is 0.682. The Balaban J connectivity index is 1.66. The molecular formula is C17H21FN4O2. The van der Waals surface area contributed by atoms with Crippen LogP contribution in [0.25, 0.3) is 0 Å². The van der Waals surface area contributed by atoms with E-state index in [1.807, 2.05) is 6.92 Å². The van der Waals surface area contributed by atoms with Gasteiger partial charge in [-0.15, -0.1) is 5.10 Å². The predicted molar refractivity (Wildman–Crippen MR) is 85.8 cm³/mol. The lowest BCUT2D eigenvalue weighted by molar-refractivity contribution is 0.0826. The first-order valence-electron chi connectivity index (χ1n) is 8.06. The van der Waals surface area contributed by atoms with Crippen molar-refractivity contribution < 1.29 is 14.3 Å². The number of aromatic nitrogens is 3. The fraction of sp³-hybridized carbons (Fsp3) is 0.471. The fourth-order valence-corrected chi connectivity index (χ4v) is 3.20. The maximum absolute atomic E-state index is 13.2. The zero-order chi connectivity index (χ0) is 17.2. The van der Waals surface area contributed by atoms with Gasteiger partial charge >= 0.3 is 0 Å². The molecule has 24 heavy (non-hydrogen) atoms. The van der Waals surface area contributed by atoms with E-state index in [2.05, 4.69) is 15.6 Å². The molecule has 3 rings (SSSR count). The summed E-state index contributed by atoms with van der Waals surface area (Å²) in [5.74, 6) is -0.609. The summed E-state index contributed by atoms with van der Waals surface area (Å²) in [5, 5.41) is 20.3. The third-order valence-electron chi connectivity index (χ3n) is 4.75. The highest BCUT2D eigenvalue weighted by atomic mass is 19.1. The number of rotatable bonds is 5. The first-order valence-corrected chi connectivity index (χ1v) is 8.06. The Bertz CT molecular complexity index is 733. The van der Waals surface area contributed by atoms with Crippen LogP contribution in [-0.4, -0.2) is 38.7 Å². The van der Waals surface area contributed by atoms with E-state index in [-0.39, 0.29) is 35.5 Å². The average Bonchev–Trinajstić information content (AvgIpc) is 3.15. The van der Waals surface area contributed by atoms with Crippen molar-refractivity contribution in [1.82, 2.24) is 20.3 Å².